The summed E-state index contributed by atoms with van der Waals surface area (Å²) in [6.07, 6.45) is 0. The maximum atomic E-state index is 13.2. The molecule has 1 rings (SSSR count). The van der Waals surface area contributed by atoms with E-state index in [-0.39, 0.29) is 12.2 Å². The topological polar surface area (TPSA) is 69.6 Å². The van der Waals surface area contributed by atoms with E-state index < -0.39 is 24.4 Å². The highest BCUT2D eigenvalue weighted by Gasteiger charge is 2.15. The number of para-hydroxylation sites is 1. The van der Waals surface area contributed by atoms with Gasteiger partial charge in [0, 0.05) is 6.54 Å². The lowest BCUT2D eigenvalue weighted by molar-refractivity contribution is -0.137. The van der Waals surface area contributed by atoms with Gasteiger partial charge in [-0.1, -0.05) is 12.1 Å². The minimum absolute atomic E-state index is 0.0290. The van der Waals surface area contributed by atoms with Crippen LogP contribution >= 0.6 is 0 Å². The summed E-state index contributed by atoms with van der Waals surface area (Å²) in [5.41, 5.74) is 0.0290. The third-order valence-electron chi connectivity index (χ3n) is 2.11. The monoisotopic (exact) mass is 240 g/mol. The normalized spacial score (nSPS) is 9.76. The Kier molecular flexibility index (Phi) is 4.45. The third-order valence-corrected chi connectivity index (χ3v) is 2.11. The van der Waals surface area contributed by atoms with Gasteiger partial charge < -0.3 is 15.3 Å². The van der Waals surface area contributed by atoms with E-state index in [9.17, 15) is 14.0 Å². The maximum absolute atomic E-state index is 13.2. The first-order valence-corrected chi connectivity index (χ1v) is 5.06. The average Bonchev–Trinajstić information content (AvgIpc) is 2.28. The standard InChI is InChI=1S/C11H13FN2O3/c1-2-14(7-10(15)16)11(17)13-9-6-4-3-5-8(9)12/h3-6H,2,7H2,1H3,(H,13,17)(H,15,16). The van der Waals surface area contributed by atoms with Crippen LogP contribution in [0.15, 0.2) is 24.3 Å². The molecular formula is C11H13FN2O3. The Balaban J connectivity index is 2.71. The molecule has 0 radical (unpaired) electrons. The Hall–Kier alpha value is -2.11. The molecule has 0 fully saturated rings. The van der Waals surface area contributed by atoms with Crippen molar-refractivity contribution < 1.29 is 19.1 Å². The summed E-state index contributed by atoms with van der Waals surface area (Å²) >= 11 is 0. The van der Waals surface area contributed by atoms with E-state index in [1.54, 1.807) is 13.0 Å². The molecule has 92 valence electrons. The highest BCUT2D eigenvalue weighted by molar-refractivity contribution is 5.91. The van der Waals surface area contributed by atoms with E-state index in [0.29, 0.717) is 0 Å². The van der Waals surface area contributed by atoms with Crippen molar-refractivity contribution in [1.29, 1.82) is 0 Å². The van der Waals surface area contributed by atoms with Gasteiger partial charge in [0.2, 0.25) is 0 Å². The summed E-state index contributed by atoms with van der Waals surface area (Å²) in [5, 5.41) is 10.9. The van der Waals surface area contributed by atoms with Crippen LogP contribution in [0.2, 0.25) is 0 Å². The van der Waals surface area contributed by atoms with Crippen LogP contribution in [0.1, 0.15) is 6.92 Å². The van der Waals surface area contributed by atoms with Gasteiger partial charge in [0.05, 0.1) is 5.69 Å². The van der Waals surface area contributed by atoms with E-state index >= 15 is 0 Å². The molecule has 2 amide bonds. The van der Waals surface area contributed by atoms with E-state index in [0.717, 1.165) is 4.90 Å². The van der Waals surface area contributed by atoms with Crippen molar-refractivity contribution in [3.8, 4) is 0 Å². The SMILES string of the molecule is CCN(CC(=O)O)C(=O)Nc1ccccc1F. The summed E-state index contributed by atoms with van der Waals surface area (Å²) < 4.78 is 13.2. The zero-order valence-corrected chi connectivity index (χ0v) is 9.31. The molecule has 2 N–H and O–H groups in total. The lowest BCUT2D eigenvalue weighted by Gasteiger charge is -2.19. The number of likely N-dealkylation sites (N-methyl/N-ethyl adjacent to an activating group) is 1. The second-order valence-electron chi connectivity index (χ2n) is 3.32. The molecule has 0 aliphatic carbocycles. The number of urea groups is 1. The van der Waals surface area contributed by atoms with Gasteiger partial charge in [-0.15, -0.1) is 0 Å². The quantitative estimate of drug-likeness (QED) is 0.842. The van der Waals surface area contributed by atoms with Crippen LogP contribution in [0.5, 0.6) is 0 Å². The number of carbonyl (C=O) groups excluding carboxylic acids is 1. The zero-order valence-electron chi connectivity index (χ0n) is 9.31. The molecule has 0 unspecified atom stereocenters. The lowest BCUT2D eigenvalue weighted by atomic mass is 10.3. The molecule has 0 bridgehead atoms. The predicted octanol–water partition coefficient (Wildman–Crippen LogP) is 1.76. The Morgan fingerprint density at radius 1 is 1.41 bits per heavy atom. The van der Waals surface area contributed by atoms with Crippen molar-refractivity contribution in [2.24, 2.45) is 0 Å². The first-order chi connectivity index (χ1) is 8.04. The molecule has 0 atom stereocenters. The number of nitrogens with one attached hydrogen (secondary N) is 1. The number of aliphatic carboxylic acids is 1. The van der Waals surface area contributed by atoms with Gasteiger partial charge in [0.15, 0.2) is 0 Å². The van der Waals surface area contributed by atoms with Crippen LogP contribution in [0.25, 0.3) is 0 Å². The smallest absolute Gasteiger partial charge is 0.323 e. The summed E-state index contributed by atoms with van der Waals surface area (Å²) in [6, 6.07) is 5.05. The molecule has 5 nitrogen and oxygen atoms in total. The largest absolute Gasteiger partial charge is 0.480 e. The van der Waals surface area contributed by atoms with Gasteiger partial charge in [-0.3, -0.25) is 4.79 Å². The first kappa shape index (κ1) is 13.0. The fourth-order valence-electron chi connectivity index (χ4n) is 1.25. The molecule has 0 aliphatic heterocycles. The van der Waals surface area contributed by atoms with Crippen LogP contribution < -0.4 is 5.32 Å². The van der Waals surface area contributed by atoms with Crippen LogP contribution in [0, 0.1) is 5.82 Å². The van der Waals surface area contributed by atoms with E-state index in [1.165, 1.54) is 18.2 Å². The van der Waals surface area contributed by atoms with Gasteiger partial charge in [0.25, 0.3) is 0 Å². The molecular weight excluding hydrogens is 227 g/mol. The van der Waals surface area contributed by atoms with E-state index in [1.807, 2.05) is 0 Å². The molecule has 1 aromatic carbocycles. The zero-order chi connectivity index (χ0) is 12.8. The number of carboxylic acid groups (broad SMARTS) is 1. The van der Waals surface area contributed by atoms with Crippen molar-refractivity contribution in [3.05, 3.63) is 30.1 Å². The molecule has 0 saturated heterocycles. The second-order valence-corrected chi connectivity index (χ2v) is 3.32. The Morgan fingerprint density at radius 3 is 2.59 bits per heavy atom. The molecule has 0 aliphatic rings. The number of halogens is 1. The molecule has 0 saturated carbocycles. The summed E-state index contributed by atoms with van der Waals surface area (Å²) in [4.78, 5) is 23.2. The fourth-order valence-corrected chi connectivity index (χ4v) is 1.25. The summed E-state index contributed by atoms with van der Waals surface area (Å²) in [6.45, 7) is 1.45. The van der Waals surface area contributed by atoms with Crippen LogP contribution in [0.3, 0.4) is 0 Å². The van der Waals surface area contributed by atoms with Crippen molar-refractivity contribution in [3.63, 3.8) is 0 Å². The van der Waals surface area contributed by atoms with Gasteiger partial charge >= 0.3 is 12.0 Å². The van der Waals surface area contributed by atoms with Crippen molar-refractivity contribution >= 4 is 17.7 Å². The predicted molar refractivity (Wildman–Crippen MR) is 60.3 cm³/mol. The van der Waals surface area contributed by atoms with Crippen molar-refractivity contribution in [2.45, 2.75) is 6.92 Å². The maximum Gasteiger partial charge on any atom is 0.323 e. The fraction of sp³-hybridized carbons (Fsp3) is 0.273. The van der Waals surface area contributed by atoms with Crippen LogP contribution in [-0.2, 0) is 4.79 Å². The van der Waals surface area contributed by atoms with E-state index in [2.05, 4.69) is 5.32 Å². The molecule has 0 spiro atoms. The number of amides is 2. The van der Waals surface area contributed by atoms with Gasteiger partial charge in [-0.05, 0) is 19.1 Å². The highest BCUT2D eigenvalue weighted by Crippen LogP contribution is 2.12. The Labute approximate surface area is 97.8 Å². The number of benzene rings is 1. The number of carbonyl (C=O) groups is 2. The number of hydrogen-bond donors (Lipinski definition) is 2. The number of anilines is 1. The molecule has 1 aromatic rings. The third kappa shape index (κ3) is 3.75. The van der Waals surface area contributed by atoms with Crippen molar-refractivity contribution in [2.75, 3.05) is 18.4 Å². The minimum atomic E-state index is -1.12. The number of nitrogens with zero attached hydrogens (tertiary/aromatic N) is 1. The first-order valence-electron chi connectivity index (χ1n) is 5.06. The highest BCUT2D eigenvalue weighted by atomic mass is 19.1. The van der Waals surface area contributed by atoms with E-state index in [4.69, 9.17) is 5.11 Å². The van der Waals surface area contributed by atoms with Crippen molar-refractivity contribution in [1.82, 2.24) is 4.90 Å². The summed E-state index contributed by atoms with van der Waals surface area (Å²) in [5.74, 6) is -1.68. The Bertz CT molecular complexity index is 423. The average molecular weight is 240 g/mol. The Morgan fingerprint density at radius 2 is 2.06 bits per heavy atom. The van der Waals surface area contributed by atoms with Crippen LogP contribution in [-0.4, -0.2) is 35.1 Å². The number of hydrogen-bond acceptors (Lipinski definition) is 2. The second kappa shape index (κ2) is 5.83. The van der Waals surface area contributed by atoms with Gasteiger partial charge in [-0.2, -0.15) is 0 Å². The molecule has 6 heteroatoms. The minimum Gasteiger partial charge on any atom is -0.480 e. The summed E-state index contributed by atoms with van der Waals surface area (Å²) in [7, 11) is 0. The van der Waals surface area contributed by atoms with Gasteiger partial charge in [0.1, 0.15) is 12.4 Å². The number of carboxylic acids is 1. The van der Waals surface area contributed by atoms with Crippen LogP contribution in [0.4, 0.5) is 14.9 Å². The van der Waals surface area contributed by atoms with Gasteiger partial charge in [-0.25, -0.2) is 9.18 Å². The molecule has 17 heavy (non-hydrogen) atoms. The number of rotatable bonds is 4. The molecule has 0 aromatic heterocycles. The molecule has 0 heterocycles. The lowest BCUT2D eigenvalue weighted by Crippen LogP contribution is -2.38.